The van der Waals surface area contributed by atoms with E-state index < -0.39 is 17.9 Å². The van der Waals surface area contributed by atoms with Crippen LogP contribution in [-0.4, -0.2) is 41.3 Å². The first-order chi connectivity index (χ1) is 11.9. The van der Waals surface area contributed by atoms with Gasteiger partial charge in [0, 0.05) is 12.7 Å². The zero-order valence-corrected chi connectivity index (χ0v) is 14.8. The summed E-state index contributed by atoms with van der Waals surface area (Å²) in [6.45, 7) is 3.91. The van der Waals surface area contributed by atoms with Crippen molar-refractivity contribution in [1.29, 1.82) is 0 Å². The van der Waals surface area contributed by atoms with E-state index in [0.29, 0.717) is 24.2 Å². The molecule has 1 aliphatic heterocycles. The van der Waals surface area contributed by atoms with Crippen LogP contribution in [0.3, 0.4) is 0 Å². The van der Waals surface area contributed by atoms with Crippen molar-refractivity contribution in [3.8, 4) is 0 Å². The molecule has 0 aromatic heterocycles. The molecule has 1 atom stereocenters. The second-order valence-electron chi connectivity index (χ2n) is 6.99. The highest BCUT2D eigenvalue weighted by molar-refractivity contribution is 5.79. The Balaban J connectivity index is 2.09. The number of ether oxygens (including phenoxy) is 2. The third-order valence-corrected chi connectivity index (χ3v) is 5.36. The number of hydrogen-bond acceptors (Lipinski definition) is 5. The zero-order chi connectivity index (χ0) is 18.2. The van der Waals surface area contributed by atoms with Gasteiger partial charge in [0.1, 0.15) is 12.0 Å². The minimum Gasteiger partial charge on any atom is -0.449 e. The average molecular weight is 347 g/mol. The fourth-order valence-corrected chi connectivity index (χ4v) is 4.01. The first-order valence-corrected chi connectivity index (χ1v) is 8.58. The van der Waals surface area contributed by atoms with Crippen LogP contribution in [0.15, 0.2) is 24.0 Å². The van der Waals surface area contributed by atoms with Crippen molar-refractivity contribution < 1.29 is 24.5 Å². The minimum atomic E-state index is -1.36. The Morgan fingerprint density at radius 2 is 1.96 bits per heavy atom. The third-order valence-electron chi connectivity index (χ3n) is 5.36. The summed E-state index contributed by atoms with van der Waals surface area (Å²) in [4.78, 5) is 11.3. The van der Waals surface area contributed by atoms with Gasteiger partial charge in [-0.2, -0.15) is 0 Å². The van der Waals surface area contributed by atoms with Crippen molar-refractivity contribution in [2.45, 2.75) is 57.4 Å². The Labute approximate surface area is 147 Å². The van der Waals surface area contributed by atoms with E-state index >= 15 is 0 Å². The van der Waals surface area contributed by atoms with Crippen LogP contribution in [0, 0.1) is 13.8 Å². The molecule has 1 aromatic rings. The van der Waals surface area contributed by atoms with Gasteiger partial charge in [-0.25, -0.2) is 4.79 Å². The maximum Gasteiger partial charge on any atom is 0.511 e. The summed E-state index contributed by atoms with van der Waals surface area (Å²) in [6, 6.07) is 5.92. The van der Waals surface area contributed by atoms with Gasteiger partial charge in [-0.1, -0.05) is 23.8 Å². The van der Waals surface area contributed by atoms with Crippen molar-refractivity contribution >= 4 is 11.7 Å². The quantitative estimate of drug-likeness (QED) is 0.729. The standard InChI is InChI=1S/C19H25NO5/c1-11-4-5-12(2)14(10-11)15-16(25-18(22)23)19(20-17(15)21)8-6-13(24-3)7-9-19/h4-5,10,13,17,20-21H,6-9H2,1-3H3,(H,22,23). The van der Waals surface area contributed by atoms with Crippen molar-refractivity contribution in [3.05, 3.63) is 40.6 Å². The summed E-state index contributed by atoms with van der Waals surface area (Å²) in [5.41, 5.74) is 2.69. The van der Waals surface area contributed by atoms with Gasteiger partial charge in [-0.15, -0.1) is 0 Å². The molecule has 6 nitrogen and oxygen atoms in total. The number of methoxy groups -OCH3 is 1. The van der Waals surface area contributed by atoms with E-state index in [9.17, 15) is 15.0 Å². The van der Waals surface area contributed by atoms with E-state index in [1.807, 2.05) is 32.0 Å². The van der Waals surface area contributed by atoms with Gasteiger partial charge in [-0.05, 0) is 50.7 Å². The largest absolute Gasteiger partial charge is 0.511 e. The molecule has 136 valence electrons. The molecule has 2 aliphatic rings. The normalized spacial score (nSPS) is 29.3. The van der Waals surface area contributed by atoms with Crippen LogP contribution in [0.4, 0.5) is 4.79 Å². The van der Waals surface area contributed by atoms with Gasteiger partial charge in [0.25, 0.3) is 0 Å². The lowest BCUT2D eigenvalue weighted by molar-refractivity contribution is 0.0282. The predicted octanol–water partition coefficient (Wildman–Crippen LogP) is 2.96. The van der Waals surface area contributed by atoms with Crippen molar-refractivity contribution in [3.63, 3.8) is 0 Å². The smallest absolute Gasteiger partial charge is 0.449 e. The number of aliphatic hydroxyl groups excluding tert-OH is 1. The summed E-state index contributed by atoms with van der Waals surface area (Å²) in [7, 11) is 1.69. The molecule has 1 unspecified atom stereocenters. The Kier molecular flexibility index (Phi) is 4.86. The van der Waals surface area contributed by atoms with Crippen molar-refractivity contribution in [1.82, 2.24) is 5.32 Å². The number of rotatable bonds is 3. The highest BCUT2D eigenvalue weighted by Gasteiger charge is 2.50. The van der Waals surface area contributed by atoms with Gasteiger partial charge < -0.3 is 19.7 Å². The summed E-state index contributed by atoms with van der Waals surface area (Å²) >= 11 is 0. The van der Waals surface area contributed by atoms with Crippen LogP contribution in [-0.2, 0) is 9.47 Å². The Hall–Kier alpha value is -1.89. The average Bonchev–Trinajstić information content (AvgIpc) is 2.82. The van der Waals surface area contributed by atoms with Gasteiger partial charge >= 0.3 is 6.16 Å². The lowest BCUT2D eigenvalue weighted by atomic mass is 9.79. The molecule has 0 amide bonds. The molecular weight excluding hydrogens is 322 g/mol. The first-order valence-electron chi connectivity index (χ1n) is 8.58. The molecule has 1 aromatic carbocycles. The molecular formula is C19H25NO5. The third kappa shape index (κ3) is 3.29. The number of carboxylic acid groups (broad SMARTS) is 1. The van der Waals surface area contributed by atoms with Gasteiger partial charge in [0.15, 0.2) is 0 Å². The number of aryl methyl sites for hydroxylation is 2. The highest BCUT2D eigenvalue weighted by atomic mass is 16.7. The Morgan fingerprint density at radius 3 is 2.56 bits per heavy atom. The molecule has 0 saturated heterocycles. The number of benzene rings is 1. The molecule has 0 bridgehead atoms. The lowest BCUT2D eigenvalue weighted by Gasteiger charge is -2.38. The maximum atomic E-state index is 11.3. The van der Waals surface area contributed by atoms with Crippen LogP contribution < -0.4 is 5.32 Å². The molecule has 1 aliphatic carbocycles. The molecule has 1 saturated carbocycles. The lowest BCUT2D eigenvalue weighted by Crippen LogP contribution is -2.50. The zero-order valence-electron chi connectivity index (χ0n) is 14.8. The van der Waals surface area contributed by atoms with E-state index in [1.165, 1.54) is 0 Å². The number of aliphatic hydroxyl groups is 1. The second-order valence-corrected chi connectivity index (χ2v) is 6.99. The SMILES string of the molecule is COC1CCC2(CC1)NC(O)C(c1cc(C)ccc1C)=C2OC(=O)O. The molecule has 1 spiro atoms. The van der Waals surface area contributed by atoms with E-state index in [0.717, 1.165) is 29.5 Å². The Morgan fingerprint density at radius 1 is 1.28 bits per heavy atom. The van der Waals surface area contributed by atoms with Gasteiger partial charge in [-0.3, -0.25) is 5.32 Å². The van der Waals surface area contributed by atoms with Crippen molar-refractivity contribution in [2.75, 3.05) is 7.11 Å². The van der Waals surface area contributed by atoms with Crippen molar-refractivity contribution in [2.24, 2.45) is 0 Å². The van der Waals surface area contributed by atoms with E-state index in [4.69, 9.17) is 9.47 Å². The summed E-state index contributed by atoms with van der Waals surface area (Å²) in [6.07, 6.45) is 0.696. The van der Waals surface area contributed by atoms with E-state index in [1.54, 1.807) is 7.11 Å². The molecule has 25 heavy (non-hydrogen) atoms. The first kappa shape index (κ1) is 17.9. The van der Waals surface area contributed by atoms with Crippen LogP contribution in [0.1, 0.15) is 42.4 Å². The topological polar surface area (TPSA) is 88.0 Å². The van der Waals surface area contributed by atoms with Crippen LogP contribution in [0.5, 0.6) is 0 Å². The minimum absolute atomic E-state index is 0.153. The predicted molar refractivity (Wildman–Crippen MR) is 93.1 cm³/mol. The van der Waals surface area contributed by atoms with Crippen LogP contribution >= 0.6 is 0 Å². The van der Waals surface area contributed by atoms with Crippen LogP contribution in [0.25, 0.3) is 5.57 Å². The van der Waals surface area contributed by atoms with Gasteiger partial charge in [0.05, 0.1) is 11.6 Å². The molecule has 6 heteroatoms. The van der Waals surface area contributed by atoms with E-state index in [-0.39, 0.29) is 6.10 Å². The fourth-order valence-electron chi connectivity index (χ4n) is 4.01. The molecule has 3 N–H and O–H groups in total. The molecule has 3 rings (SSSR count). The van der Waals surface area contributed by atoms with Crippen LogP contribution in [0.2, 0.25) is 0 Å². The maximum absolute atomic E-state index is 11.3. The number of nitrogens with one attached hydrogen (secondary N) is 1. The summed E-state index contributed by atoms with van der Waals surface area (Å²) < 4.78 is 10.7. The molecule has 1 heterocycles. The number of hydrogen-bond donors (Lipinski definition) is 3. The fraction of sp³-hybridized carbons (Fsp3) is 0.526. The number of carbonyl (C=O) groups is 1. The van der Waals surface area contributed by atoms with Gasteiger partial charge in [0.2, 0.25) is 0 Å². The van der Waals surface area contributed by atoms with E-state index in [2.05, 4.69) is 5.32 Å². The molecule has 1 fully saturated rings. The Bertz CT molecular complexity index is 704. The monoisotopic (exact) mass is 347 g/mol. The second kappa shape index (κ2) is 6.78. The summed E-state index contributed by atoms with van der Waals surface area (Å²) in [5, 5.41) is 23.2. The highest BCUT2D eigenvalue weighted by Crippen LogP contribution is 2.45. The molecule has 0 radical (unpaired) electrons. The summed E-state index contributed by atoms with van der Waals surface area (Å²) in [5.74, 6) is 0.329.